The fraction of sp³-hybridized carbons (Fsp3) is 0.188. The van der Waals surface area contributed by atoms with Crippen LogP contribution >= 0.6 is 0 Å². The molecule has 1 fully saturated rings. The van der Waals surface area contributed by atoms with Gasteiger partial charge in [-0.1, -0.05) is 18.2 Å². The number of benzene rings is 2. The van der Waals surface area contributed by atoms with Crippen LogP contribution in [0.4, 0.5) is 10.1 Å². The normalized spacial score (nSPS) is 21.1. The van der Waals surface area contributed by atoms with Crippen molar-refractivity contribution in [3.63, 3.8) is 0 Å². The largest absolute Gasteiger partial charge is 0.497 e. The molecule has 1 aliphatic rings. The Hall–Kier alpha value is -2.40. The smallest absolute Gasteiger partial charge is 0.247 e. The van der Waals surface area contributed by atoms with Gasteiger partial charge in [0.05, 0.1) is 13.2 Å². The predicted octanol–water partition coefficient (Wildman–Crippen LogP) is 2.25. The minimum Gasteiger partial charge on any atom is -0.497 e. The summed E-state index contributed by atoms with van der Waals surface area (Å²) < 4.78 is 18.6. The first-order chi connectivity index (χ1) is 10.1. The molecule has 0 spiro atoms. The van der Waals surface area contributed by atoms with E-state index in [0.29, 0.717) is 11.4 Å². The van der Waals surface area contributed by atoms with Crippen molar-refractivity contribution in [3.05, 3.63) is 59.9 Å². The quantitative estimate of drug-likeness (QED) is 0.880. The van der Waals surface area contributed by atoms with E-state index in [4.69, 9.17) is 10.5 Å². The number of nitrogens with two attached hydrogens (primary N) is 1. The number of hydrogen-bond acceptors (Lipinski definition) is 3. The van der Waals surface area contributed by atoms with E-state index in [2.05, 4.69) is 0 Å². The second kappa shape index (κ2) is 5.18. The summed E-state index contributed by atoms with van der Waals surface area (Å²) >= 11 is 0. The molecule has 0 unspecified atom stereocenters. The molecule has 4 nitrogen and oxygen atoms in total. The number of nitrogens with zero attached hydrogens (tertiary/aromatic N) is 1. The maximum atomic E-state index is 13.4. The first-order valence-electron chi connectivity index (χ1n) is 6.60. The zero-order valence-corrected chi connectivity index (χ0v) is 11.5. The van der Waals surface area contributed by atoms with Crippen molar-refractivity contribution in [2.45, 2.75) is 12.1 Å². The lowest BCUT2D eigenvalue weighted by atomic mass is 9.88. The minimum absolute atomic E-state index is 0.214. The highest BCUT2D eigenvalue weighted by Gasteiger charge is 2.46. The van der Waals surface area contributed by atoms with Crippen molar-refractivity contribution in [2.24, 2.45) is 5.73 Å². The lowest BCUT2D eigenvalue weighted by Crippen LogP contribution is -2.63. The van der Waals surface area contributed by atoms with Crippen molar-refractivity contribution in [1.82, 2.24) is 0 Å². The third-order valence-corrected chi connectivity index (χ3v) is 3.66. The van der Waals surface area contributed by atoms with E-state index >= 15 is 0 Å². The SMILES string of the molecule is COc1cccc([C@H]2[C@H](N)C(=O)N2c2cccc(F)c2)c1. The third-order valence-electron chi connectivity index (χ3n) is 3.66. The summed E-state index contributed by atoms with van der Waals surface area (Å²) in [5, 5.41) is 0. The van der Waals surface area contributed by atoms with Crippen molar-refractivity contribution in [2.75, 3.05) is 12.0 Å². The maximum Gasteiger partial charge on any atom is 0.247 e. The van der Waals surface area contributed by atoms with Crippen LogP contribution in [0, 0.1) is 5.82 Å². The van der Waals surface area contributed by atoms with Crippen LogP contribution in [0.1, 0.15) is 11.6 Å². The molecule has 0 saturated carbocycles. The highest BCUT2D eigenvalue weighted by Crippen LogP contribution is 2.39. The number of carbonyl (C=O) groups excluding carboxylic acids is 1. The molecular weight excluding hydrogens is 271 g/mol. The van der Waals surface area contributed by atoms with Gasteiger partial charge in [-0.15, -0.1) is 0 Å². The van der Waals surface area contributed by atoms with Crippen molar-refractivity contribution in [1.29, 1.82) is 0 Å². The summed E-state index contributed by atoms with van der Waals surface area (Å²) in [6.07, 6.45) is 0. The number of amides is 1. The lowest BCUT2D eigenvalue weighted by Gasteiger charge is -2.45. The van der Waals surface area contributed by atoms with Gasteiger partial charge in [-0.3, -0.25) is 4.79 Å². The molecule has 0 bridgehead atoms. The predicted molar refractivity (Wildman–Crippen MR) is 77.6 cm³/mol. The van der Waals surface area contributed by atoms with Crippen LogP contribution in [0.15, 0.2) is 48.5 Å². The molecule has 5 heteroatoms. The zero-order valence-electron chi connectivity index (χ0n) is 11.5. The molecule has 2 aromatic carbocycles. The number of rotatable bonds is 3. The molecule has 21 heavy (non-hydrogen) atoms. The molecule has 2 aromatic rings. The van der Waals surface area contributed by atoms with Crippen molar-refractivity contribution in [3.8, 4) is 5.75 Å². The van der Waals surface area contributed by atoms with Crippen LogP contribution in [0.3, 0.4) is 0 Å². The number of methoxy groups -OCH3 is 1. The second-order valence-corrected chi connectivity index (χ2v) is 4.94. The fourth-order valence-corrected chi connectivity index (χ4v) is 2.61. The fourth-order valence-electron chi connectivity index (χ4n) is 2.61. The topological polar surface area (TPSA) is 55.6 Å². The molecule has 0 aliphatic carbocycles. The lowest BCUT2D eigenvalue weighted by molar-refractivity contribution is -0.126. The maximum absolute atomic E-state index is 13.4. The van der Waals surface area contributed by atoms with Gasteiger partial charge in [-0.2, -0.15) is 0 Å². The average Bonchev–Trinajstić information content (AvgIpc) is 2.51. The first kappa shape index (κ1) is 13.6. The Morgan fingerprint density at radius 3 is 2.67 bits per heavy atom. The Morgan fingerprint density at radius 2 is 1.95 bits per heavy atom. The van der Waals surface area contributed by atoms with Crippen LogP contribution in [0.2, 0.25) is 0 Å². The van der Waals surface area contributed by atoms with Gasteiger partial charge in [-0.05, 0) is 35.9 Å². The van der Waals surface area contributed by atoms with E-state index in [0.717, 1.165) is 5.56 Å². The van der Waals surface area contributed by atoms with Gasteiger partial charge in [0, 0.05) is 5.69 Å². The molecule has 2 N–H and O–H groups in total. The highest BCUT2D eigenvalue weighted by atomic mass is 19.1. The molecule has 2 atom stereocenters. The van der Waals surface area contributed by atoms with Crippen LogP contribution in [0.5, 0.6) is 5.75 Å². The van der Waals surface area contributed by atoms with Gasteiger partial charge in [-0.25, -0.2) is 4.39 Å². The van der Waals surface area contributed by atoms with Crippen molar-refractivity contribution < 1.29 is 13.9 Å². The standard InChI is InChI=1S/C16H15FN2O2/c1-21-13-7-2-4-10(8-13)15-14(18)16(20)19(15)12-6-3-5-11(17)9-12/h2-9,14-15H,18H2,1H3/t14-,15-/m0/s1. The van der Waals surface area contributed by atoms with E-state index < -0.39 is 6.04 Å². The van der Waals surface area contributed by atoms with Gasteiger partial charge in [0.2, 0.25) is 5.91 Å². The van der Waals surface area contributed by atoms with Gasteiger partial charge >= 0.3 is 0 Å². The molecule has 108 valence electrons. The summed E-state index contributed by atoms with van der Waals surface area (Å²) in [5.74, 6) is 0.0943. The third kappa shape index (κ3) is 2.25. The molecule has 3 rings (SSSR count). The summed E-state index contributed by atoms with van der Waals surface area (Å²) in [5.41, 5.74) is 7.31. The van der Waals surface area contributed by atoms with Crippen LogP contribution in [-0.2, 0) is 4.79 Å². The Bertz CT molecular complexity index is 689. The van der Waals surface area contributed by atoms with Gasteiger partial charge in [0.15, 0.2) is 0 Å². The molecule has 0 aromatic heterocycles. The molecule has 0 radical (unpaired) electrons. The summed E-state index contributed by atoms with van der Waals surface area (Å²) in [7, 11) is 1.58. The van der Waals surface area contributed by atoms with E-state index in [9.17, 15) is 9.18 Å². The van der Waals surface area contributed by atoms with Crippen molar-refractivity contribution >= 4 is 11.6 Å². The van der Waals surface area contributed by atoms with Crippen LogP contribution in [-0.4, -0.2) is 19.1 Å². The Kier molecular flexibility index (Phi) is 3.35. The Balaban J connectivity index is 1.98. The molecule has 1 aliphatic heterocycles. The number of ether oxygens (including phenoxy) is 1. The number of halogens is 1. The Labute approximate surface area is 121 Å². The molecule has 1 saturated heterocycles. The average molecular weight is 286 g/mol. The van der Waals surface area contributed by atoms with Gasteiger partial charge in [0.1, 0.15) is 17.6 Å². The molecular formula is C16H15FN2O2. The van der Waals surface area contributed by atoms with Crippen LogP contribution < -0.4 is 15.4 Å². The summed E-state index contributed by atoms with van der Waals surface area (Å²) in [4.78, 5) is 13.6. The van der Waals surface area contributed by atoms with E-state index in [1.54, 1.807) is 19.2 Å². The molecule has 1 amide bonds. The van der Waals surface area contributed by atoms with Crippen LogP contribution in [0.25, 0.3) is 0 Å². The monoisotopic (exact) mass is 286 g/mol. The summed E-state index contributed by atoms with van der Waals surface area (Å²) in [6.45, 7) is 0. The number of β-lactam (4-membered cyclic amide) rings is 1. The zero-order chi connectivity index (χ0) is 15.0. The number of anilines is 1. The highest BCUT2D eigenvalue weighted by molar-refractivity contribution is 6.05. The molecule has 1 heterocycles. The second-order valence-electron chi connectivity index (χ2n) is 4.94. The van der Waals surface area contributed by atoms with Gasteiger partial charge in [0.25, 0.3) is 0 Å². The number of hydrogen-bond donors (Lipinski definition) is 1. The van der Waals surface area contributed by atoms with Gasteiger partial charge < -0.3 is 15.4 Å². The summed E-state index contributed by atoms with van der Waals surface area (Å²) in [6, 6.07) is 12.4. The van der Waals surface area contributed by atoms with E-state index in [-0.39, 0.29) is 17.8 Å². The van der Waals surface area contributed by atoms with E-state index in [1.807, 2.05) is 24.3 Å². The number of carbonyl (C=O) groups is 1. The van der Waals surface area contributed by atoms with E-state index in [1.165, 1.54) is 17.0 Å². The first-order valence-corrected chi connectivity index (χ1v) is 6.60. The minimum atomic E-state index is -0.625. The Morgan fingerprint density at radius 1 is 1.19 bits per heavy atom.